The van der Waals surface area contributed by atoms with E-state index in [1.807, 2.05) is 60.7 Å². The van der Waals surface area contributed by atoms with Gasteiger partial charge in [0.25, 0.3) is 5.91 Å². The number of fused-ring (bicyclic) bond motifs is 1. The highest BCUT2D eigenvalue weighted by Gasteiger charge is 2.36. The minimum Gasteiger partial charge on any atom is -0.483 e. The fraction of sp³-hybridized carbons (Fsp3) is 0.296. The van der Waals surface area contributed by atoms with Gasteiger partial charge in [-0.2, -0.15) is 0 Å². The van der Waals surface area contributed by atoms with Gasteiger partial charge in [-0.3, -0.25) is 14.4 Å². The van der Waals surface area contributed by atoms with Crippen LogP contribution in [0.15, 0.2) is 71.7 Å². The molecule has 1 aromatic heterocycles. The Morgan fingerprint density at radius 2 is 1.65 bits per heavy atom. The number of hydrogen-bond acceptors (Lipinski definition) is 5. The molecule has 1 amide bonds. The van der Waals surface area contributed by atoms with Crippen molar-refractivity contribution in [2.24, 2.45) is 0 Å². The number of amides is 1. The highest BCUT2D eigenvalue weighted by Crippen LogP contribution is 2.30. The van der Waals surface area contributed by atoms with Gasteiger partial charge in [-0.25, -0.2) is 0 Å². The monoisotopic (exact) mass is 460 g/mol. The molecular weight excluding hydrogens is 432 g/mol. The molecule has 7 nitrogen and oxygen atoms in total. The van der Waals surface area contributed by atoms with Crippen LogP contribution in [0.1, 0.15) is 44.9 Å². The number of aromatic nitrogens is 1. The maximum atomic E-state index is 13.5. The Morgan fingerprint density at radius 3 is 2.26 bits per heavy atom. The Hall–Kier alpha value is -3.71. The van der Waals surface area contributed by atoms with E-state index < -0.39 is 5.43 Å². The van der Waals surface area contributed by atoms with Crippen LogP contribution in [0.2, 0.25) is 0 Å². The number of nitrogens with zero attached hydrogens (tertiary/aromatic N) is 2. The Balaban J connectivity index is 1.82. The first kappa shape index (κ1) is 23.4. The van der Waals surface area contributed by atoms with Gasteiger partial charge >= 0.3 is 0 Å². The maximum absolute atomic E-state index is 13.5. The van der Waals surface area contributed by atoms with E-state index in [9.17, 15) is 14.4 Å². The lowest BCUT2D eigenvalue weighted by molar-refractivity contribution is 0.0588. The third-order valence-electron chi connectivity index (χ3n) is 5.99. The van der Waals surface area contributed by atoms with Crippen LogP contribution in [0.25, 0.3) is 0 Å². The molecule has 4 rings (SSSR count). The van der Waals surface area contributed by atoms with Crippen LogP contribution in [0.3, 0.4) is 0 Å². The van der Waals surface area contributed by atoms with Gasteiger partial charge in [-0.05, 0) is 24.5 Å². The van der Waals surface area contributed by atoms with Gasteiger partial charge < -0.3 is 18.9 Å². The van der Waals surface area contributed by atoms with Crippen LogP contribution in [-0.2, 0) is 17.8 Å². The van der Waals surface area contributed by atoms with E-state index >= 15 is 0 Å². The molecule has 0 fully saturated rings. The molecule has 1 atom stereocenters. The number of benzene rings is 2. The minimum atomic E-state index is -0.560. The molecule has 1 aliphatic heterocycles. The molecule has 1 aliphatic rings. The molecule has 0 spiro atoms. The summed E-state index contributed by atoms with van der Waals surface area (Å²) in [5.41, 5.74) is 1.58. The third-order valence-corrected chi connectivity index (χ3v) is 5.99. The number of Topliss-reactive ketones (excluding diaryl/α,β-unsaturated/α-hetero) is 1. The molecule has 2 aromatic carbocycles. The van der Waals surface area contributed by atoms with Crippen molar-refractivity contribution < 1.29 is 19.1 Å². The number of ketones is 1. The molecule has 7 heteroatoms. The summed E-state index contributed by atoms with van der Waals surface area (Å²) in [5, 5.41) is 0. The summed E-state index contributed by atoms with van der Waals surface area (Å²) in [6.07, 6.45) is 2.15. The average molecular weight is 461 g/mol. The molecule has 0 saturated carbocycles. The zero-order valence-corrected chi connectivity index (χ0v) is 19.4. The van der Waals surface area contributed by atoms with Crippen molar-refractivity contribution in [3.63, 3.8) is 0 Å². The Morgan fingerprint density at radius 1 is 1.00 bits per heavy atom. The first-order valence-electron chi connectivity index (χ1n) is 11.3. The predicted octanol–water partition coefficient (Wildman–Crippen LogP) is 3.52. The van der Waals surface area contributed by atoms with Crippen LogP contribution in [0, 0.1) is 0 Å². The molecule has 34 heavy (non-hydrogen) atoms. The van der Waals surface area contributed by atoms with Crippen molar-refractivity contribution in [1.82, 2.24) is 9.47 Å². The first-order chi connectivity index (χ1) is 16.5. The summed E-state index contributed by atoms with van der Waals surface area (Å²) >= 11 is 0. The summed E-state index contributed by atoms with van der Waals surface area (Å²) in [4.78, 5) is 40.9. The molecule has 0 saturated heterocycles. The summed E-state index contributed by atoms with van der Waals surface area (Å²) in [6.45, 7) is 2.66. The van der Waals surface area contributed by atoms with Gasteiger partial charge in [0.2, 0.25) is 5.43 Å². The van der Waals surface area contributed by atoms with E-state index in [1.54, 1.807) is 16.6 Å². The lowest BCUT2D eigenvalue weighted by atomic mass is 10.0. The number of carbonyl (C=O) groups is 2. The summed E-state index contributed by atoms with van der Waals surface area (Å²) in [7, 11) is 1.59. The quantitative estimate of drug-likeness (QED) is 0.457. The standard InChI is InChI=1S/C27H28N2O5/c1-19(30)23-17-29-22(15-20-9-5-3-6-10-20)16-28(13-14-33-2)27(32)24(29)26(25(23)31)34-18-21-11-7-4-8-12-21/h3-12,17,22H,13-16,18H2,1-2H3/t22-/m0/s1. The zero-order chi connectivity index (χ0) is 24.1. The Kier molecular flexibility index (Phi) is 7.23. The van der Waals surface area contributed by atoms with Crippen molar-refractivity contribution in [2.75, 3.05) is 26.8 Å². The van der Waals surface area contributed by atoms with Crippen molar-refractivity contribution >= 4 is 11.7 Å². The fourth-order valence-electron chi connectivity index (χ4n) is 4.24. The van der Waals surface area contributed by atoms with Crippen molar-refractivity contribution in [3.05, 3.63) is 99.5 Å². The van der Waals surface area contributed by atoms with Crippen LogP contribution < -0.4 is 10.2 Å². The first-order valence-corrected chi connectivity index (χ1v) is 11.3. The lowest BCUT2D eigenvalue weighted by Gasteiger charge is -2.37. The number of methoxy groups -OCH3 is 1. The lowest BCUT2D eigenvalue weighted by Crippen LogP contribution is -2.47. The number of pyridine rings is 1. The highest BCUT2D eigenvalue weighted by molar-refractivity contribution is 5.99. The number of ether oxygens (including phenoxy) is 2. The normalized spacial score (nSPS) is 15.2. The molecular formula is C27H28N2O5. The zero-order valence-electron chi connectivity index (χ0n) is 19.4. The van der Waals surface area contributed by atoms with Crippen molar-refractivity contribution in [2.45, 2.75) is 26.0 Å². The topological polar surface area (TPSA) is 77.8 Å². The van der Waals surface area contributed by atoms with Gasteiger partial charge in [-0.1, -0.05) is 60.7 Å². The van der Waals surface area contributed by atoms with Gasteiger partial charge in [0, 0.05) is 26.4 Å². The number of hydrogen-bond donors (Lipinski definition) is 0. The van der Waals surface area contributed by atoms with E-state index in [1.165, 1.54) is 13.1 Å². The molecule has 176 valence electrons. The summed E-state index contributed by atoms with van der Waals surface area (Å²) < 4.78 is 12.9. The van der Waals surface area contributed by atoms with Crippen LogP contribution in [-0.4, -0.2) is 48.0 Å². The third kappa shape index (κ3) is 4.94. The number of rotatable bonds is 9. The van der Waals surface area contributed by atoms with E-state index in [0.717, 1.165) is 11.1 Å². The predicted molar refractivity (Wildman–Crippen MR) is 128 cm³/mol. The smallest absolute Gasteiger partial charge is 0.274 e. The van der Waals surface area contributed by atoms with E-state index in [0.29, 0.717) is 26.1 Å². The largest absolute Gasteiger partial charge is 0.483 e. The Bertz CT molecular complexity index is 1220. The van der Waals surface area contributed by atoms with Gasteiger partial charge in [0.1, 0.15) is 6.61 Å². The van der Waals surface area contributed by atoms with Gasteiger partial charge in [0.15, 0.2) is 17.2 Å². The second kappa shape index (κ2) is 10.5. The van der Waals surface area contributed by atoms with Crippen molar-refractivity contribution in [3.8, 4) is 5.75 Å². The second-order valence-electron chi connectivity index (χ2n) is 8.37. The molecule has 2 heterocycles. The molecule has 0 bridgehead atoms. The molecule has 3 aromatic rings. The van der Waals surface area contributed by atoms with Gasteiger partial charge in [-0.15, -0.1) is 0 Å². The summed E-state index contributed by atoms with van der Waals surface area (Å²) in [6, 6.07) is 19.2. The SMILES string of the molecule is COCCN1C[C@H](Cc2ccccc2)n2cc(C(C)=O)c(=O)c(OCc3ccccc3)c2C1=O. The van der Waals surface area contributed by atoms with E-state index in [2.05, 4.69) is 0 Å². The maximum Gasteiger partial charge on any atom is 0.274 e. The van der Waals surface area contributed by atoms with Crippen LogP contribution in [0.5, 0.6) is 5.75 Å². The molecule has 0 radical (unpaired) electrons. The second-order valence-corrected chi connectivity index (χ2v) is 8.37. The average Bonchev–Trinajstić information content (AvgIpc) is 2.85. The molecule has 0 aliphatic carbocycles. The fourth-order valence-corrected chi connectivity index (χ4v) is 4.24. The molecule has 0 N–H and O–H groups in total. The van der Waals surface area contributed by atoms with Crippen LogP contribution in [0.4, 0.5) is 0 Å². The number of carbonyl (C=O) groups excluding carboxylic acids is 2. The highest BCUT2D eigenvalue weighted by atomic mass is 16.5. The van der Waals surface area contributed by atoms with E-state index in [-0.39, 0.29) is 41.3 Å². The minimum absolute atomic E-state index is 0.0167. The van der Waals surface area contributed by atoms with E-state index in [4.69, 9.17) is 9.47 Å². The van der Waals surface area contributed by atoms with Crippen molar-refractivity contribution in [1.29, 1.82) is 0 Å². The summed E-state index contributed by atoms with van der Waals surface area (Å²) in [5.74, 6) is -0.754. The molecule has 0 unspecified atom stereocenters. The van der Waals surface area contributed by atoms with Crippen LogP contribution >= 0.6 is 0 Å². The van der Waals surface area contributed by atoms with Gasteiger partial charge in [0.05, 0.1) is 18.2 Å². The Labute approximate surface area is 198 Å².